The molecule has 1 aromatic heterocycles. The maximum absolute atomic E-state index is 10.0. The molecule has 0 aromatic carbocycles. The van der Waals surface area contributed by atoms with Gasteiger partial charge in [-0.3, -0.25) is 0 Å². The van der Waals surface area contributed by atoms with Crippen LogP contribution in [0.5, 0.6) is 0 Å². The van der Waals surface area contributed by atoms with Crippen molar-refractivity contribution in [2.24, 2.45) is 11.8 Å². The van der Waals surface area contributed by atoms with E-state index in [1.165, 1.54) is 0 Å². The van der Waals surface area contributed by atoms with Gasteiger partial charge < -0.3 is 5.11 Å². The molecule has 1 saturated carbocycles. The highest BCUT2D eigenvalue weighted by Gasteiger charge is 2.30. The van der Waals surface area contributed by atoms with Crippen LogP contribution in [0.1, 0.15) is 44.5 Å². The first-order valence-electron chi connectivity index (χ1n) is 7.08. The van der Waals surface area contributed by atoms with Crippen molar-refractivity contribution >= 4 is 0 Å². The van der Waals surface area contributed by atoms with Gasteiger partial charge in [0.15, 0.2) is 0 Å². The average Bonchev–Trinajstić information content (AvgIpc) is 3.13. The molecule has 1 aromatic rings. The summed E-state index contributed by atoms with van der Waals surface area (Å²) in [6.07, 6.45) is 4.12. The van der Waals surface area contributed by atoms with E-state index in [-0.39, 0.29) is 6.10 Å². The van der Waals surface area contributed by atoms with E-state index in [2.05, 4.69) is 30.2 Å². The van der Waals surface area contributed by atoms with Crippen molar-refractivity contribution < 1.29 is 5.11 Å². The second kappa shape index (κ2) is 6.16. The number of aliphatic hydroxyl groups is 1. The van der Waals surface area contributed by atoms with E-state index < -0.39 is 0 Å². The molecular weight excluding hydrogens is 240 g/mol. The lowest BCUT2D eigenvalue weighted by molar-refractivity contribution is 0.125. The van der Waals surface area contributed by atoms with Crippen LogP contribution < -0.4 is 0 Å². The summed E-state index contributed by atoms with van der Waals surface area (Å²) in [6.45, 7) is 4.87. The Morgan fingerprint density at radius 2 is 2.21 bits per heavy atom. The van der Waals surface area contributed by atoms with Gasteiger partial charge in [-0.05, 0) is 37.5 Å². The van der Waals surface area contributed by atoms with Crippen molar-refractivity contribution in [2.75, 3.05) is 0 Å². The Kier molecular flexibility index (Phi) is 4.54. The van der Waals surface area contributed by atoms with E-state index >= 15 is 0 Å². The molecule has 0 amide bonds. The summed E-state index contributed by atoms with van der Waals surface area (Å²) >= 11 is 0. The SMILES string of the molecule is CC(C)CCc1c(CC#N)nnn1CC(O)C1CC1. The molecule has 1 aliphatic carbocycles. The quantitative estimate of drug-likeness (QED) is 0.811. The maximum Gasteiger partial charge on any atom is 0.0999 e. The summed E-state index contributed by atoms with van der Waals surface area (Å²) in [4.78, 5) is 0. The van der Waals surface area contributed by atoms with E-state index in [4.69, 9.17) is 5.26 Å². The molecule has 104 valence electrons. The van der Waals surface area contributed by atoms with Crippen molar-refractivity contribution in [3.63, 3.8) is 0 Å². The van der Waals surface area contributed by atoms with Crippen LogP contribution in [0.15, 0.2) is 0 Å². The van der Waals surface area contributed by atoms with Crippen LogP contribution in [0.4, 0.5) is 0 Å². The third kappa shape index (κ3) is 3.77. The number of hydrogen-bond acceptors (Lipinski definition) is 4. The van der Waals surface area contributed by atoms with Crippen LogP contribution in [0, 0.1) is 23.2 Å². The molecule has 1 aliphatic rings. The highest BCUT2D eigenvalue weighted by atomic mass is 16.3. The summed E-state index contributed by atoms with van der Waals surface area (Å²) in [5.41, 5.74) is 1.79. The molecule has 0 radical (unpaired) electrons. The van der Waals surface area contributed by atoms with Crippen LogP contribution in [0.25, 0.3) is 0 Å². The third-order valence-electron chi connectivity index (χ3n) is 3.65. The number of nitriles is 1. The lowest BCUT2D eigenvalue weighted by atomic mass is 10.0. The molecule has 5 nitrogen and oxygen atoms in total. The highest BCUT2D eigenvalue weighted by Crippen LogP contribution is 2.33. The zero-order valence-electron chi connectivity index (χ0n) is 11.7. The minimum absolute atomic E-state index is 0.299. The average molecular weight is 262 g/mol. The Morgan fingerprint density at radius 1 is 1.47 bits per heavy atom. The van der Waals surface area contributed by atoms with Crippen molar-refractivity contribution in [1.82, 2.24) is 15.0 Å². The maximum atomic E-state index is 10.0. The van der Waals surface area contributed by atoms with Crippen LogP contribution in [0.2, 0.25) is 0 Å². The van der Waals surface area contributed by atoms with Crippen LogP contribution in [-0.2, 0) is 19.4 Å². The van der Waals surface area contributed by atoms with Gasteiger partial charge in [0, 0.05) is 0 Å². The molecule has 1 N–H and O–H groups in total. The first kappa shape index (κ1) is 14.0. The Morgan fingerprint density at radius 3 is 2.79 bits per heavy atom. The first-order valence-corrected chi connectivity index (χ1v) is 7.08. The molecule has 1 fully saturated rings. The number of aliphatic hydroxyl groups excluding tert-OH is 1. The fourth-order valence-electron chi connectivity index (χ4n) is 2.23. The topological polar surface area (TPSA) is 74.7 Å². The summed E-state index contributed by atoms with van der Waals surface area (Å²) in [5, 5.41) is 27.1. The fraction of sp³-hybridized carbons (Fsp3) is 0.786. The van der Waals surface area contributed by atoms with Gasteiger partial charge in [0.1, 0.15) is 0 Å². The predicted molar refractivity (Wildman–Crippen MR) is 71.2 cm³/mol. The molecule has 0 saturated heterocycles. The van der Waals surface area contributed by atoms with E-state index in [9.17, 15) is 5.11 Å². The fourth-order valence-corrected chi connectivity index (χ4v) is 2.23. The molecule has 5 heteroatoms. The first-order chi connectivity index (χ1) is 9.11. The van der Waals surface area contributed by atoms with E-state index in [1.807, 2.05) is 0 Å². The molecular formula is C14H22N4O. The number of hydrogen-bond donors (Lipinski definition) is 1. The predicted octanol–water partition coefficient (Wildman–Crippen LogP) is 1.70. The van der Waals surface area contributed by atoms with Gasteiger partial charge in [0.2, 0.25) is 0 Å². The monoisotopic (exact) mass is 262 g/mol. The largest absolute Gasteiger partial charge is 0.391 e. The molecule has 19 heavy (non-hydrogen) atoms. The summed E-state index contributed by atoms with van der Waals surface area (Å²) < 4.78 is 1.80. The van der Waals surface area contributed by atoms with Gasteiger partial charge in [0.25, 0.3) is 0 Å². The van der Waals surface area contributed by atoms with Crippen LogP contribution >= 0.6 is 0 Å². The molecule has 2 rings (SSSR count). The van der Waals surface area contributed by atoms with Gasteiger partial charge in [0.05, 0.1) is 36.5 Å². The minimum Gasteiger partial charge on any atom is -0.391 e. The molecule has 1 heterocycles. The van der Waals surface area contributed by atoms with Gasteiger partial charge in [-0.1, -0.05) is 19.1 Å². The third-order valence-corrected chi connectivity index (χ3v) is 3.65. The number of rotatable bonds is 7. The normalized spacial score (nSPS) is 16.6. The summed E-state index contributed by atoms with van der Waals surface area (Å²) in [5.74, 6) is 1.04. The second-order valence-corrected chi connectivity index (χ2v) is 5.84. The zero-order valence-corrected chi connectivity index (χ0v) is 11.7. The van der Waals surface area contributed by atoms with Crippen LogP contribution in [0.3, 0.4) is 0 Å². The Bertz CT molecular complexity index is 457. The smallest absolute Gasteiger partial charge is 0.0999 e. The second-order valence-electron chi connectivity index (χ2n) is 5.84. The van der Waals surface area contributed by atoms with Crippen molar-refractivity contribution in [3.05, 3.63) is 11.4 Å². The van der Waals surface area contributed by atoms with Crippen molar-refractivity contribution in [3.8, 4) is 6.07 Å². The lowest BCUT2D eigenvalue weighted by Crippen LogP contribution is -2.21. The molecule has 1 atom stereocenters. The lowest BCUT2D eigenvalue weighted by Gasteiger charge is -2.12. The van der Waals surface area contributed by atoms with Crippen LogP contribution in [-0.4, -0.2) is 26.2 Å². The van der Waals surface area contributed by atoms with Crippen molar-refractivity contribution in [2.45, 2.75) is 58.6 Å². The summed E-state index contributed by atoms with van der Waals surface area (Å²) in [6, 6.07) is 2.14. The standard InChI is InChI=1S/C14H22N4O/c1-10(2)3-6-13-12(7-8-15)16-17-18(13)9-14(19)11-4-5-11/h10-11,14,19H,3-7,9H2,1-2H3. The molecule has 1 unspecified atom stereocenters. The summed E-state index contributed by atoms with van der Waals surface area (Å²) in [7, 11) is 0. The highest BCUT2D eigenvalue weighted by molar-refractivity contribution is 5.14. The van der Waals surface area contributed by atoms with Gasteiger partial charge in [-0.2, -0.15) is 5.26 Å². The Balaban J connectivity index is 2.09. The van der Waals surface area contributed by atoms with E-state index in [0.29, 0.717) is 24.8 Å². The van der Waals surface area contributed by atoms with Gasteiger partial charge >= 0.3 is 0 Å². The molecule has 0 aliphatic heterocycles. The van der Waals surface area contributed by atoms with Gasteiger partial charge in [-0.15, -0.1) is 5.10 Å². The number of nitrogens with zero attached hydrogens (tertiary/aromatic N) is 4. The molecule has 0 spiro atoms. The van der Waals surface area contributed by atoms with E-state index in [0.717, 1.165) is 37.1 Å². The zero-order chi connectivity index (χ0) is 13.8. The minimum atomic E-state index is -0.325. The van der Waals surface area contributed by atoms with E-state index in [1.54, 1.807) is 4.68 Å². The van der Waals surface area contributed by atoms with Gasteiger partial charge in [-0.25, -0.2) is 4.68 Å². The Hall–Kier alpha value is -1.41. The molecule has 0 bridgehead atoms. The number of aromatic nitrogens is 3. The van der Waals surface area contributed by atoms with Crippen molar-refractivity contribution in [1.29, 1.82) is 5.26 Å². The Labute approximate surface area is 114 Å².